The number of rotatable bonds is 6. The molecule has 5 heteroatoms. The highest BCUT2D eigenvalue weighted by Crippen LogP contribution is 2.42. The first kappa shape index (κ1) is 19.4. The van der Waals surface area contributed by atoms with E-state index in [4.69, 9.17) is 9.47 Å². The first-order valence-corrected chi connectivity index (χ1v) is 10.5. The summed E-state index contributed by atoms with van der Waals surface area (Å²) in [7, 11) is 0. The molecule has 0 spiro atoms. The zero-order valence-electron chi connectivity index (χ0n) is 16.4. The number of hydrogen-bond donors (Lipinski definition) is 0. The Bertz CT molecular complexity index is 1050. The minimum atomic E-state index is -0.480. The lowest BCUT2D eigenvalue weighted by Gasteiger charge is -2.16. The van der Waals surface area contributed by atoms with Crippen molar-refractivity contribution in [2.45, 2.75) is 32.8 Å². The van der Waals surface area contributed by atoms with Crippen molar-refractivity contribution in [2.24, 2.45) is 0 Å². The zero-order chi connectivity index (χ0) is 20.4. The van der Waals surface area contributed by atoms with Crippen LogP contribution in [0.2, 0.25) is 0 Å². The van der Waals surface area contributed by atoms with E-state index >= 15 is 0 Å². The summed E-state index contributed by atoms with van der Waals surface area (Å²) in [4.78, 5) is 26.4. The van der Waals surface area contributed by atoms with Gasteiger partial charge in [0.05, 0.1) is 0 Å². The largest absolute Gasteiger partial charge is 0.488 e. The van der Waals surface area contributed by atoms with Gasteiger partial charge in [-0.3, -0.25) is 4.79 Å². The molecule has 2 aromatic carbocycles. The van der Waals surface area contributed by atoms with E-state index in [1.54, 1.807) is 18.2 Å². The quantitative estimate of drug-likeness (QED) is 0.380. The van der Waals surface area contributed by atoms with Crippen molar-refractivity contribution >= 4 is 23.1 Å². The highest BCUT2D eigenvalue weighted by Gasteiger charge is 2.23. The fraction of sp³-hybridized carbons (Fsp3) is 0.250. The predicted octanol–water partition coefficient (Wildman–Crippen LogP) is 5.86. The summed E-state index contributed by atoms with van der Waals surface area (Å²) in [6.07, 6.45) is 1.05. The van der Waals surface area contributed by atoms with Gasteiger partial charge >= 0.3 is 5.97 Å². The molecule has 0 amide bonds. The van der Waals surface area contributed by atoms with Gasteiger partial charge in [0, 0.05) is 21.6 Å². The average molecular weight is 407 g/mol. The predicted molar refractivity (Wildman–Crippen MR) is 114 cm³/mol. The van der Waals surface area contributed by atoms with Crippen molar-refractivity contribution in [3.63, 3.8) is 0 Å². The van der Waals surface area contributed by atoms with Gasteiger partial charge < -0.3 is 9.47 Å². The molecule has 0 unspecified atom stereocenters. The highest BCUT2D eigenvalue weighted by molar-refractivity contribution is 7.17. The number of hydrogen-bond acceptors (Lipinski definition) is 5. The van der Waals surface area contributed by atoms with Gasteiger partial charge in [0.25, 0.3) is 0 Å². The molecule has 0 saturated heterocycles. The van der Waals surface area contributed by atoms with Gasteiger partial charge in [0.1, 0.15) is 17.2 Å². The van der Waals surface area contributed by atoms with Crippen LogP contribution in [0.3, 0.4) is 0 Å². The van der Waals surface area contributed by atoms with Gasteiger partial charge in [0.15, 0.2) is 12.4 Å². The Balaban J connectivity index is 1.42. The fourth-order valence-electron chi connectivity index (χ4n) is 3.32. The third-order valence-corrected chi connectivity index (χ3v) is 6.46. The molecule has 0 aliphatic carbocycles. The van der Waals surface area contributed by atoms with E-state index < -0.39 is 5.97 Å². The van der Waals surface area contributed by atoms with E-state index in [0.29, 0.717) is 23.0 Å². The second-order valence-electron chi connectivity index (χ2n) is 7.18. The monoisotopic (exact) mass is 406 g/mol. The molecule has 1 aromatic heterocycles. The number of carbonyl (C=O) groups is 2. The minimum Gasteiger partial charge on any atom is -0.488 e. The lowest BCUT2D eigenvalue weighted by atomic mass is 9.97. The van der Waals surface area contributed by atoms with Gasteiger partial charge in [0.2, 0.25) is 0 Å². The summed E-state index contributed by atoms with van der Waals surface area (Å²) in [5, 5.41) is 0. The fourth-order valence-corrected chi connectivity index (χ4v) is 4.41. The molecule has 148 valence electrons. The Labute approximate surface area is 174 Å². The van der Waals surface area contributed by atoms with Gasteiger partial charge in [-0.1, -0.05) is 50.2 Å². The van der Waals surface area contributed by atoms with Gasteiger partial charge in [-0.25, -0.2) is 4.79 Å². The highest BCUT2D eigenvalue weighted by atomic mass is 32.1. The number of Topliss-reactive ketones (excluding diaryl/α,β-unsaturated/α-hetero) is 1. The maximum Gasteiger partial charge on any atom is 0.348 e. The molecule has 0 N–H and O–H groups in total. The van der Waals surface area contributed by atoms with E-state index in [-0.39, 0.29) is 12.4 Å². The lowest BCUT2D eigenvalue weighted by Crippen LogP contribution is -2.13. The minimum absolute atomic E-state index is 0.205. The van der Waals surface area contributed by atoms with Crippen LogP contribution in [-0.2, 0) is 11.3 Å². The number of thiophene rings is 1. The number of esters is 1. The number of para-hydroxylation sites is 1. The van der Waals surface area contributed by atoms with Crippen LogP contribution in [0.1, 0.15) is 57.3 Å². The number of fused-ring (bicyclic) bond motifs is 3. The van der Waals surface area contributed by atoms with Crippen LogP contribution in [0.25, 0.3) is 10.4 Å². The lowest BCUT2D eigenvalue weighted by molar-refractivity contribution is 0.0479. The standard InChI is InChI=1S/C24H22O4S/c1-3-15(2)16-8-10-17(11-9-16)20(25)14-28-24(26)22-12-18-13-27-21-7-5-4-6-19(21)23(18)29-22/h4-12,15H,3,13-14H2,1-2H3/t15-/m0/s1. The van der Waals surface area contributed by atoms with E-state index in [0.717, 1.165) is 28.2 Å². The van der Waals surface area contributed by atoms with Gasteiger partial charge in [-0.15, -0.1) is 11.3 Å². The molecule has 3 aromatic rings. The molecule has 2 heterocycles. The number of ether oxygens (including phenoxy) is 2. The van der Waals surface area contributed by atoms with Gasteiger partial charge in [-0.2, -0.15) is 0 Å². The Morgan fingerprint density at radius 3 is 2.66 bits per heavy atom. The topological polar surface area (TPSA) is 52.6 Å². The molecule has 1 aliphatic rings. The first-order valence-electron chi connectivity index (χ1n) is 9.72. The first-order chi connectivity index (χ1) is 14.1. The van der Waals surface area contributed by atoms with Crippen LogP contribution in [-0.4, -0.2) is 18.4 Å². The Morgan fingerprint density at radius 2 is 1.90 bits per heavy atom. The third-order valence-electron chi connectivity index (χ3n) is 5.27. The molecular weight excluding hydrogens is 384 g/mol. The maximum atomic E-state index is 12.5. The third kappa shape index (κ3) is 3.96. The van der Waals surface area contributed by atoms with Crippen LogP contribution in [0, 0.1) is 0 Å². The SMILES string of the molecule is CC[C@H](C)c1ccc(C(=O)COC(=O)c2cc3c(s2)-c2ccccc2OC3)cc1. The van der Waals surface area contributed by atoms with Crippen molar-refractivity contribution < 1.29 is 19.1 Å². The molecule has 4 nitrogen and oxygen atoms in total. The summed E-state index contributed by atoms with van der Waals surface area (Å²) in [5.74, 6) is 0.587. The summed E-state index contributed by atoms with van der Waals surface area (Å²) in [6, 6.07) is 17.1. The molecule has 0 radical (unpaired) electrons. The van der Waals surface area contributed by atoms with E-state index in [1.165, 1.54) is 16.9 Å². The van der Waals surface area contributed by atoms with Crippen molar-refractivity contribution in [2.75, 3.05) is 6.61 Å². The smallest absolute Gasteiger partial charge is 0.348 e. The molecule has 0 saturated carbocycles. The van der Waals surface area contributed by atoms with Crippen molar-refractivity contribution in [1.82, 2.24) is 0 Å². The van der Waals surface area contributed by atoms with Crippen LogP contribution in [0.5, 0.6) is 5.75 Å². The summed E-state index contributed by atoms with van der Waals surface area (Å²) in [6.45, 7) is 4.45. The maximum absolute atomic E-state index is 12.5. The number of carbonyl (C=O) groups excluding carboxylic acids is 2. The Kier molecular flexibility index (Phi) is 5.49. The van der Waals surface area contributed by atoms with E-state index in [9.17, 15) is 9.59 Å². The van der Waals surface area contributed by atoms with Crippen LogP contribution >= 0.6 is 11.3 Å². The number of benzene rings is 2. The van der Waals surface area contributed by atoms with Crippen LogP contribution < -0.4 is 4.74 Å². The van der Waals surface area contributed by atoms with Crippen LogP contribution in [0.4, 0.5) is 0 Å². The van der Waals surface area contributed by atoms with E-state index in [1.807, 2.05) is 36.4 Å². The van der Waals surface area contributed by atoms with Crippen molar-refractivity contribution in [1.29, 1.82) is 0 Å². The molecular formula is C24H22O4S. The second-order valence-corrected chi connectivity index (χ2v) is 8.23. The summed E-state index contributed by atoms with van der Waals surface area (Å²) in [5.41, 5.74) is 3.70. The van der Waals surface area contributed by atoms with Crippen molar-refractivity contribution in [3.8, 4) is 16.2 Å². The molecule has 29 heavy (non-hydrogen) atoms. The Hall–Kier alpha value is -2.92. The summed E-state index contributed by atoms with van der Waals surface area (Å²) < 4.78 is 11.0. The molecule has 4 rings (SSSR count). The van der Waals surface area contributed by atoms with Gasteiger partial charge in [-0.05, 0) is 36.1 Å². The molecule has 0 fully saturated rings. The normalized spacial score (nSPS) is 13.0. The zero-order valence-corrected chi connectivity index (χ0v) is 17.3. The Morgan fingerprint density at radius 1 is 1.14 bits per heavy atom. The van der Waals surface area contributed by atoms with Crippen LogP contribution in [0.15, 0.2) is 54.6 Å². The molecule has 1 atom stereocenters. The number of ketones is 1. The van der Waals surface area contributed by atoms with Crippen molar-refractivity contribution in [3.05, 3.63) is 76.2 Å². The second kappa shape index (κ2) is 8.21. The molecule has 0 bridgehead atoms. The average Bonchev–Trinajstić information content (AvgIpc) is 3.22. The van der Waals surface area contributed by atoms with E-state index in [2.05, 4.69) is 13.8 Å². The summed E-state index contributed by atoms with van der Waals surface area (Å²) >= 11 is 1.38. The molecule has 1 aliphatic heterocycles.